The summed E-state index contributed by atoms with van der Waals surface area (Å²) in [4.78, 5) is 10.8. The molecule has 0 radical (unpaired) electrons. The highest BCUT2D eigenvalue weighted by Gasteiger charge is 2.32. The molecule has 0 saturated carbocycles. The summed E-state index contributed by atoms with van der Waals surface area (Å²) in [5.74, 6) is 0.466. The van der Waals surface area contributed by atoms with Crippen molar-refractivity contribution < 1.29 is 13.2 Å². The molecule has 4 nitrogen and oxygen atoms in total. The van der Waals surface area contributed by atoms with Gasteiger partial charge in [0, 0.05) is 41.6 Å². The van der Waals surface area contributed by atoms with Gasteiger partial charge in [-0.3, -0.25) is 4.98 Å². The van der Waals surface area contributed by atoms with Gasteiger partial charge >= 0.3 is 6.18 Å². The minimum atomic E-state index is -4.29. The SMILES string of the molecule is FC(F)(F)c1ccccc1S.Nc1nccnc1-c1ccc(CN2CCc3ccccc32)cc1. The highest BCUT2D eigenvalue weighted by Crippen LogP contribution is 2.33. The van der Waals surface area contributed by atoms with E-state index in [1.807, 2.05) is 0 Å². The third-order valence-electron chi connectivity index (χ3n) is 5.52. The average Bonchev–Trinajstić information content (AvgIpc) is 3.23. The molecule has 0 unspecified atom stereocenters. The van der Waals surface area contributed by atoms with Crippen LogP contribution in [0.15, 0.2) is 90.1 Å². The zero-order chi connectivity index (χ0) is 24.1. The number of alkyl halides is 3. The molecule has 2 heterocycles. The Bertz CT molecular complexity index is 1260. The first-order valence-corrected chi connectivity index (χ1v) is 11.1. The highest BCUT2D eigenvalue weighted by molar-refractivity contribution is 7.80. The maximum absolute atomic E-state index is 12.0. The Balaban J connectivity index is 0.000000210. The number of anilines is 2. The van der Waals surface area contributed by atoms with Crippen molar-refractivity contribution in [1.82, 2.24) is 9.97 Å². The molecule has 0 fully saturated rings. The van der Waals surface area contributed by atoms with Crippen molar-refractivity contribution in [3.8, 4) is 11.3 Å². The number of halogens is 3. The lowest BCUT2D eigenvalue weighted by atomic mass is 10.1. The van der Waals surface area contributed by atoms with Gasteiger partial charge in [0.25, 0.3) is 0 Å². The van der Waals surface area contributed by atoms with E-state index in [1.54, 1.807) is 12.4 Å². The number of aromatic nitrogens is 2. The molecule has 1 aromatic heterocycles. The highest BCUT2D eigenvalue weighted by atomic mass is 32.1. The summed E-state index contributed by atoms with van der Waals surface area (Å²) in [7, 11) is 0. The topological polar surface area (TPSA) is 55.0 Å². The number of nitrogens with two attached hydrogens (primary N) is 1. The lowest BCUT2D eigenvalue weighted by Crippen LogP contribution is -2.19. The van der Waals surface area contributed by atoms with Gasteiger partial charge in [-0.05, 0) is 35.7 Å². The van der Waals surface area contributed by atoms with Gasteiger partial charge in [-0.15, -0.1) is 12.6 Å². The molecule has 2 N–H and O–H groups in total. The fourth-order valence-electron chi connectivity index (χ4n) is 3.84. The van der Waals surface area contributed by atoms with Crippen LogP contribution >= 0.6 is 12.6 Å². The first kappa shape index (κ1) is 23.6. The van der Waals surface area contributed by atoms with Gasteiger partial charge < -0.3 is 10.6 Å². The summed E-state index contributed by atoms with van der Waals surface area (Å²) in [6, 6.07) is 22.2. The quantitative estimate of drug-likeness (QED) is 0.339. The summed E-state index contributed by atoms with van der Waals surface area (Å²) in [5, 5.41) is 0. The van der Waals surface area contributed by atoms with Crippen molar-refractivity contribution in [3.05, 3.63) is 102 Å². The largest absolute Gasteiger partial charge is 0.417 e. The van der Waals surface area contributed by atoms with Gasteiger partial charge in [-0.2, -0.15) is 13.2 Å². The maximum atomic E-state index is 12.0. The van der Waals surface area contributed by atoms with Crippen molar-refractivity contribution in [2.75, 3.05) is 17.2 Å². The third kappa shape index (κ3) is 5.51. The van der Waals surface area contributed by atoms with Gasteiger partial charge in [0.2, 0.25) is 0 Å². The second-order valence-electron chi connectivity index (χ2n) is 7.80. The van der Waals surface area contributed by atoms with Crippen LogP contribution in [0.2, 0.25) is 0 Å². The number of para-hydroxylation sites is 1. The van der Waals surface area contributed by atoms with Crippen LogP contribution in [0.5, 0.6) is 0 Å². The molecule has 174 valence electrons. The second kappa shape index (κ2) is 10.2. The molecular weight excluding hydrogens is 457 g/mol. The number of nitrogen functional groups attached to an aromatic ring is 1. The molecule has 0 saturated heterocycles. The lowest BCUT2D eigenvalue weighted by Gasteiger charge is -2.19. The van der Waals surface area contributed by atoms with Crippen LogP contribution < -0.4 is 10.6 Å². The van der Waals surface area contributed by atoms with E-state index in [4.69, 9.17) is 5.73 Å². The van der Waals surface area contributed by atoms with Crippen molar-refractivity contribution in [2.45, 2.75) is 24.0 Å². The first-order chi connectivity index (χ1) is 16.3. The molecule has 0 aliphatic carbocycles. The van der Waals surface area contributed by atoms with E-state index in [9.17, 15) is 13.2 Å². The van der Waals surface area contributed by atoms with Crippen LogP contribution in [0, 0.1) is 0 Å². The van der Waals surface area contributed by atoms with E-state index < -0.39 is 11.7 Å². The summed E-state index contributed by atoms with van der Waals surface area (Å²) < 4.78 is 36.0. The minimum Gasteiger partial charge on any atom is -0.382 e. The Labute approximate surface area is 201 Å². The minimum absolute atomic E-state index is 0.0417. The Hall–Kier alpha value is -3.52. The van der Waals surface area contributed by atoms with Crippen molar-refractivity contribution in [3.63, 3.8) is 0 Å². The summed E-state index contributed by atoms with van der Waals surface area (Å²) >= 11 is 3.67. The Morgan fingerprint density at radius 1 is 0.882 bits per heavy atom. The van der Waals surface area contributed by atoms with Gasteiger partial charge in [0.1, 0.15) is 11.5 Å². The van der Waals surface area contributed by atoms with E-state index in [-0.39, 0.29) is 4.90 Å². The second-order valence-corrected chi connectivity index (χ2v) is 8.28. The van der Waals surface area contributed by atoms with Crippen molar-refractivity contribution in [1.29, 1.82) is 0 Å². The predicted octanol–water partition coefficient (Wildman–Crippen LogP) is 6.28. The fraction of sp³-hybridized carbons (Fsp3) is 0.154. The van der Waals surface area contributed by atoms with E-state index >= 15 is 0 Å². The average molecular weight is 481 g/mol. The van der Waals surface area contributed by atoms with Crippen LogP contribution in [0.1, 0.15) is 16.7 Å². The summed E-state index contributed by atoms with van der Waals surface area (Å²) in [6.07, 6.45) is 0.113. The van der Waals surface area contributed by atoms with Crippen LogP contribution in [0.25, 0.3) is 11.3 Å². The number of benzene rings is 3. The van der Waals surface area contributed by atoms with Crippen LogP contribution in [-0.4, -0.2) is 16.5 Å². The van der Waals surface area contributed by atoms with Crippen LogP contribution in [0.4, 0.5) is 24.7 Å². The number of hydrogen-bond donors (Lipinski definition) is 2. The predicted molar refractivity (Wildman–Crippen MR) is 132 cm³/mol. The normalized spacial score (nSPS) is 12.6. The maximum Gasteiger partial charge on any atom is 0.417 e. The number of thiol groups is 1. The molecule has 1 aliphatic heterocycles. The first-order valence-electron chi connectivity index (χ1n) is 10.7. The van der Waals surface area contributed by atoms with Gasteiger partial charge in [-0.1, -0.05) is 54.6 Å². The summed E-state index contributed by atoms with van der Waals surface area (Å²) in [5.41, 5.74) is 11.0. The Kier molecular flexibility index (Phi) is 7.07. The lowest BCUT2D eigenvalue weighted by molar-refractivity contribution is -0.139. The molecule has 8 heteroatoms. The zero-order valence-electron chi connectivity index (χ0n) is 18.2. The molecule has 0 bridgehead atoms. The van der Waals surface area contributed by atoms with Gasteiger partial charge in [0.15, 0.2) is 0 Å². The van der Waals surface area contributed by atoms with E-state index in [0.29, 0.717) is 5.82 Å². The molecule has 0 atom stereocenters. The molecule has 4 aromatic rings. The third-order valence-corrected chi connectivity index (χ3v) is 5.91. The van der Waals surface area contributed by atoms with E-state index in [1.165, 1.54) is 35.0 Å². The number of fused-ring (bicyclic) bond motifs is 1. The fourth-order valence-corrected chi connectivity index (χ4v) is 4.13. The molecule has 3 aromatic carbocycles. The van der Waals surface area contributed by atoms with Crippen molar-refractivity contribution in [2.24, 2.45) is 0 Å². The monoisotopic (exact) mass is 480 g/mol. The number of hydrogen-bond acceptors (Lipinski definition) is 5. The molecule has 5 rings (SSSR count). The van der Waals surface area contributed by atoms with E-state index in [2.05, 4.69) is 76.0 Å². The molecule has 0 amide bonds. The van der Waals surface area contributed by atoms with Crippen LogP contribution in [0.3, 0.4) is 0 Å². The van der Waals surface area contributed by atoms with Crippen molar-refractivity contribution >= 4 is 24.1 Å². The number of rotatable bonds is 3. The Morgan fingerprint density at radius 3 is 2.24 bits per heavy atom. The summed E-state index contributed by atoms with van der Waals surface area (Å²) in [6.45, 7) is 2.01. The number of nitrogens with zero attached hydrogens (tertiary/aromatic N) is 3. The molecule has 1 aliphatic rings. The standard InChI is InChI=1S/C19H18N4.C7H5F3S/c20-19-18(21-10-11-22-19)16-7-5-14(6-8-16)13-23-12-9-15-3-1-2-4-17(15)23;8-7(9,10)5-3-1-2-4-6(5)11/h1-8,10-11H,9,12-13H2,(H2,20,22);1-4,11H. The van der Waals surface area contributed by atoms with Gasteiger partial charge in [-0.25, -0.2) is 4.98 Å². The molecular formula is C26H23F3N4S. The smallest absolute Gasteiger partial charge is 0.382 e. The van der Waals surface area contributed by atoms with E-state index in [0.717, 1.165) is 36.8 Å². The molecule has 34 heavy (non-hydrogen) atoms. The molecule has 0 spiro atoms. The zero-order valence-corrected chi connectivity index (χ0v) is 19.1. The van der Waals surface area contributed by atoms with Crippen LogP contribution in [-0.2, 0) is 19.1 Å². The Morgan fingerprint density at radius 2 is 1.56 bits per heavy atom. The van der Waals surface area contributed by atoms with Gasteiger partial charge in [0.05, 0.1) is 5.56 Å².